The fraction of sp³-hybridized carbons (Fsp3) is 0.0645. The summed E-state index contributed by atoms with van der Waals surface area (Å²) < 4.78 is 46.7. The van der Waals surface area contributed by atoms with E-state index >= 15 is 4.39 Å². The average molecular weight is 597 g/mol. The number of anilines is 1. The maximum absolute atomic E-state index is 15.2. The predicted molar refractivity (Wildman–Crippen MR) is 157 cm³/mol. The van der Waals surface area contributed by atoms with Crippen LogP contribution >= 0.6 is 0 Å². The van der Waals surface area contributed by atoms with Crippen molar-refractivity contribution in [2.45, 2.75) is 0 Å². The van der Waals surface area contributed by atoms with Gasteiger partial charge < -0.3 is 24.1 Å². The van der Waals surface area contributed by atoms with Gasteiger partial charge >= 0.3 is 0 Å². The first-order valence-electron chi connectivity index (χ1n) is 13.0. The molecule has 6 rings (SSSR count). The molecule has 2 N–H and O–H groups in total. The summed E-state index contributed by atoms with van der Waals surface area (Å²) in [6.45, 7) is 0. The second-order valence-electron chi connectivity index (χ2n) is 9.36. The van der Waals surface area contributed by atoms with Gasteiger partial charge in [-0.2, -0.15) is 5.10 Å². The van der Waals surface area contributed by atoms with Crippen molar-refractivity contribution < 1.29 is 27.8 Å². The molecule has 0 unspecified atom stereocenters. The van der Waals surface area contributed by atoms with E-state index in [2.05, 4.69) is 25.5 Å². The zero-order valence-corrected chi connectivity index (χ0v) is 23.2. The number of nitrogens with zero attached hydrogens (tertiary/aromatic N) is 4. The van der Waals surface area contributed by atoms with Gasteiger partial charge in [0.2, 0.25) is 5.43 Å². The lowest BCUT2D eigenvalue weighted by Gasteiger charge is -2.13. The lowest BCUT2D eigenvalue weighted by molar-refractivity contribution is 0.102. The van der Waals surface area contributed by atoms with E-state index in [1.54, 1.807) is 12.3 Å². The first kappa shape index (κ1) is 28.0. The van der Waals surface area contributed by atoms with Gasteiger partial charge in [0, 0.05) is 54.2 Å². The number of carbonyl (C=O) groups excluding carboxylic acids is 1. The molecule has 0 saturated carbocycles. The van der Waals surface area contributed by atoms with Gasteiger partial charge in [0.05, 0.1) is 31.6 Å². The smallest absolute Gasteiger partial charge is 0.261 e. The number of benzene rings is 2. The number of hydrogen-bond donors (Lipinski definition) is 2. The molecule has 6 aromatic rings. The number of carbonyl (C=O) groups is 1. The SMILES string of the molecule is COc1cc2nccc(Oc3ccc(NC(=O)c4cn(-c5cn[nH]c5)cc(-c5ccc(F)cc5)c4=O)cc3F)c2nc1OC. The molecular formula is C31H22F2N6O5. The van der Waals surface area contributed by atoms with Crippen LogP contribution in [0.4, 0.5) is 14.5 Å². The molecule has 0 atom stereocenters. The number of ether oxygens (including phenoxy) is 3. The summed E-state index contributed by atoms with van der Waals surface area (Å²) in [6.07, 6.45) is 7.42. The van der Waals surface area contributed by atoms with Crippen LogP contribution in [0.5, 0.6) is 23.1 Å². The Balaban J connectivity index is 1.30. The highest BCUT2D eigenvalue weighted by Crippen LogP contribution is 2.35. The molecule has 0 saturated heterocycles. The van der Waals surface area contributed by atoms with Gasteiger partial charge in [-0.15, -0.1) is 0 Å². The number of halogens is 2. The molecule has 2 aromatic carbocycles. The Labute approximate surface area is 247 Å². The van der Waals surface area contributed by atoms with Crippen molar-refractivity contribution in [2.24, 2.45) is 0 Å². The molecule has 0 bridgehead atoms. The van der Waals surface area contributed by atoms with Crippen LogP contribution in [0, 0.1) is 11.6 Å². The topological polar surface area (TPSA) is 133 Å². The number of aromatic amines is 1. The largest absolute Gasteiger partial charge is 0.491 e. The number of hydrogen-bond acceptors (Lipinski definition) is 8. The van der Waals surface area contributed by atoms with Crippen LogP contribution in [0.15, 0.2) is 90.4 Å². The monoisotopic (exact) mass is 596 g/mol. The van der Waals surface area contributed by atoms with E-state index in [-0.39, 0.29) is 34.2 Å². The fourth-order valence-electron chi connectivity index (χ4n) is 4.47. The standard InChI is InChI=1S/C31H22F2N6O5/c1-42-27-12-24-28(38-31(27)43-2)26(9-10-34-24)44-25-8-7-19(11-23(25)33)37-30(41)22-16-39(20-13-35-36-14-20)15-21(29(22)40)17-3-5-18(32)6-4-17/h3-16H,1-2H3,(H,35,36)(H,37,41). The quantitative estimate of drug-likeness (QED) is 0.235. The molecule has 11 nitrogen and oxygen atoms in total. The summed E-state index contributed by atoms with van der Waals surface area (Å²) in [7, 11) is 2.91. The normalized spacial score (nSPS) is 10.9. The Bertz CT molecular complexity index is 2060. The van der Waals surface area contributed by atoms with E-state index in [0.717, 1.165) is 6.07 Å². The molecule has 0 fully saturated rings. The van der Waals surface area contributed by atoms with Crippen molar-refractivity contribution in [3.05, 3.63) is 113 Å². The zero-order chi connectivity index (χ0) is 30.8. The summed E-state index contributed by atoms with van der Waals surface area (Å²) in [4.78, 5) is 35.4. The lowest BCUT2D eigenvalue weighted by atomic mass is 10.0. The minimum atomic E-state index is -0.788. The minimum Gasteiger partial charge on any atom is -0.491 e. The van der Waals surface area contributed by atoms with E-state index in [9.17, 15) is 14.0 Å². The average Bonchev–Trinajstić information content (AvgIpc) is 3.58. The molecule has 1 amide bonds. The molecule has 0 radical (unpaired) electrons. The summed E-state index contributed by atoms with van der Waals surface area (Å²) in [5, 5.41) is 9.15. The highest BCUT2D eigenvalue weighted by atomic mass is 19.1. The van der Waals surface area contributed by atoms with Crippen molar-refractivity contribution in [3.8, 4) is 39.9 Å². The Kier molecular flexibility index (Phi) is 7.42. The van der Waals surface area contributed by atoms with Crippen LogP contribution in [0.3, 0.4) is 0 Å². The first-order valence-corrected chi connectivity index (χ1v) is 13.0. The van der Waals surface area contributed by atoms with Crippen LogP contribution in [-0.4, -0.2) is 44.9 Å². The number of pyridine rings is 3. The first-order chi connectivity index (χ1) is 21.3. The Morgan fingerprint density at radius 2 is 1.77 bits per heavy atom. The maximum atomic E-state index is 15.2. The molecule has 0 aliphatic rings. The van der Waals surface area contributed by atoms with E-state index in [1.165, 1.54) is 86.0 Å². The molecule has 44 heavy (non-hydrogen) atoms. The molecular weight excluding hydrogens is 574 g/mol. The van der Waals surface area contributed by atoms with Crippen LogP contribution < -0.4 is 25.0 Å². The van der Waals surface area contributed by atoms with E-state index in [1.807, 2.05) is 0 Å². The maximum Gasteiger partial charge on any atom is 0.261 e. The molecule has 13 heteroatoms. The highest BCUT2D eigenvalue weighted by molar-refractivity contribution is 6.04. The third kappa shape index (κ3) is 5.41. The number of amides is 1. The van der Waals surface area contributed by atoms with Crippen molar-refractivity contribution in [3.63, 3.8) is 0 Å². The van der Waals surface area contributed by atoms with Crippen LogP contribution in [0.2, 0.25) is 0 Å². The van der Waals surface area contributed by atoms with Crippen molar-refractivity contribution in [1.29, 1.82) is 0 Å². The van der Waals surface area contributed by atoms with Gasteiger partial charge in [0.15, 0.2) is 23.1 Å². The Hall–Kier alpha value is -6.11. The van der Waals surface area contributed by atoms with E-state index < -0.39 is 23.0 Å². The number of methoxy groups -OCH3 is 2. The summed E-state index contributed by atoms with van der Waals surface area (Å²) in [5.41, 5.74) is 1.11. The number of aromatic nitrogens is 5. The van der Waals surface area contributed by atoms with Gasteiger partial charge in [0.1, 0.15) is 16.9 Å². The van der Waals surface area contributed by atoms with Gasteiger partial charge in [-0.3, -0.25) is 19.7 Å². The van der Waals surface area contributed by atoms with Gasteiger partial charge in [0.25, 0.3) is 11.8 Å². The molecule has 4 aromatic heterocycles. The summed E-state index contributed by atoms with van der Waals surface area (Å²) in [5.74, 6) is -1.40. The molecule has 220 valence electrons. The predicted octanol–water partition coefficient (Wildman–Crippen LogP) is 5.51. The number of fused-ring (bicyclic) bond motifs is 1. The summed E-state index contributed by atoms with van der Waals surface area (Å²) >= 11 is 0. The molecule has 0 spiro atoms. The molecule has 0 aliphatic carbocycles. The van der Waals surface area contributed by atoms with Crippen LogP contribution in [0.1, 0.15) is 10.4 Å². The fourth-order valence-corrected chi connectivity index (χ4v) is 4.47. The Morgan fingerprint density at radius 1 is 0.955 bits per heavy atom. The molecule has 0 aliphatic heterocycles. The van der Waals surface area contributed by atoms with Crippen molar-refractivity contribution >= 4 is 22.6 Å². The van der Waals surface area contributed by atoms with Gasteiger partial charge in [-0.05, 0) is 29.8 Å². The second kappa shape index (κ2) is 11.6. The van der Waals surface area contributed by atoms with Gasteiger partial charge in [-0.25, -0.2) is 13.8 Å². The number of H-pyrrole nitrogens is 1. The minimum absolute atomic E-state index is 0.0745. The Morgan fingerprint density at radius 3 is 2.48 bits per heavy atom. The van der Waals surface area contributed by atoms with E-state index in [0.29, 0.717) is 28.0 Å². The van der Waals surface area contributed by atoms with Crippen molar-refractivity contribution in [2.75, 3.05) is 19.5 Å². The lowest BCUT2D eigenvalue weighted by Crippen LogP contribution is -2.24. The second-order valence-corrected chi connectivity index (χ2v) is 9.36. The van der Waals surface area contributed by atoms with Gasteiger partial charge in [-0.1, -0.05) is 12.1 Å². The number of rotatable bonds is 8. The third-order valence-electron chi connectivity index (χ3n) is 6.64. The highest BCUT2D eigenvalue weighted by Gasteiger charge is 2.19. The van der Waals surface area contributed by atoms with Crippen LogP contribution in [-0.2, 0) is 0 Å². The summed E-state index contributed by atoms with van der Waals surface area (Å²) in [6, 6.07) is 12.3. The van der Waals surface area contributed by atoms with Crippen molar-refractivity contribution in [1.82, 2.24) is 24.7 Å². The third-order valence-corrected chi connectivity index (χ3v) is 6.64. The number of nitrogens with one attached hydrogen (secondary N) is 2. The zero-order valence-electron chi connectivity index (χ0n) is 23.2. The molecule has 4 heterocycles. The van der Waals surface area contributed by atoms with E-state index in [4.69, 9.17) is 14.2 Å². The van der Waals surface area contributed by atoms with Crippen LogP contribution in [0.25, 0.3) is 27.8 Å².